The average Bonchev–Trinajstić information content (AvgIpc) is 3.06. The first kappa shape index (κ1) is 20.3. The van der Waals surface area contributed by atoms with Gasteiger partial charge in [0.05, 0.1) is 18.2 Å². The minimum absolute atomic E-state index is 0.0527. The van der Waals surface area contributed by atoms with E-state index in [4.69, 9.17) is 31.5 Å². The first-order valence-electron chi connectivity index (χ1n) is 8.51. The molecule has 1 aliphatic heterocycles. The summed E-state index contributed by atoms with van der Waals surface area (Å²) in [7, 11) is 1.43. The molecule has 2 N–H and O–H groups in total. The Morgan fingerprint density at radius 1 is 1.38 bits per heavy atom. The van der Waals surface area contributed by atoms with Crippen LogP contribution in [-0.4, -0.2) is 56.2 Å². The van der Waals surface area contributed by atoms with Crippen LogP contribution in [-0.2, 0) is 9.53 Å². The summed E-state index contributed by atoms with van der Waals surface area (Å²) in [6.07, 6.45) is 0.861. The number of nitrogens with two attached hydrogens (primary N) is 1. The van der Waals surface area contributed by atoms with E-state index < -0.39 is 5.91 Å². The number of primary amides is 1. The van der Waals surface area contributed by atoms with Crippen LogP contribution in [0.3, 0.4) is 0 Å². The Morgan fingerprint density at radius 3 is 2.73 bits per heavy atom. The van der Waals surface area contributed by atoms with Gasteiger partial charge in [-0.1, -0.05) is 25.4 Å². The van der Waals surface area contributed by atoms with E-state index in [-0.39, 0.29) is 35.1 Å². The van der Waals surface area contributed by atoms with Gasteiger partial charge in [-0.05, 0) is 24.5 Å². The van der Waals surface area contributed by atoms with Crippen LogP contribution in [0.4, 0.5) is 0 Å². The molecular weight excluding hydrogens is 360 g/mol. The summed E-state index contributed by atoms with van der Waals surface area (Å²) < 4.78 is 16.3. The number of halogens is 1. The number of amides is 2. The van der Waals surface area contributed by atoms with E-state index in [1.165, 1.54) is 13.2 Å². The van der Waals surface area contributed by atoms with Crippen molar-refractivity contribution >= 4 is 23.4 Å². The molecule has 7 nitrogen and oxygen atoms in total. The Bertz CT molecular complexity index is 665. The van der Waals surface area contributed by atoms with E-state index in [0.717, 1.165) is 6.42 Å². The molecule has 144 valence electrons. The highest BCUT2D eigenvalue weighted by Gasteiger charge is 2.28. The fourth-order valence-corrected chi connectivity index (χ4v) is 2.95. The highest BCUT2D eigenvalue weighted by Crippen LogP contribution is 2.37. The molecule has 1 fully saturated rings. The number of ether oxygens (including phenoxy) is 3. The van der Waals surface area contributed by atoms with Crippen LogP contribution in [0.15, 0.2) is 12.1 Å². The van der Waals surface area contributed by atoms with Crippen molar-refractivity contribution in [3.63, 3.8) is 0 Å². The van der Waals surface area contributed by atoms with Gasteiger partial charge in [-0.25, -0.2) is 0 Å². The molecule has 1 saturated heterocycles. The second kappa shape index (κ2) is 9.09. The number of methoxy groups -OCH3 is 1. The molecule has 2 amide bonds. The van der Waals surface area contributed by atoms with E-state index >= 15 is 0 Å². The van der Waals surface area contributed by atoms with E-state index in [2.05, 4.69) is 13.8 Å². The monoisotopic (exact) mass is 384 g/mol. The van der Waals surface area contributed by atoms with Crippen molar-refractivity contribution in [2.24, 2.45) is 11.7 Å². The van der Waals surface area contributed by atoms with E-state index in [1.54, 1.807) is 11.0 Å². The standard InChI is InChI=1S/C18H25ClN2O5/c1-11(2)9-25-13-4-5-21(8-13)18(23)12-6-14(19)17(15(7-12)24-3)26-10-16(20)22/h6-7,11,13H,4-5,8-10H2,1-3H3,(H2,20,22). The summed E-state index contributed by atoms with van der Waals surface area (Å²) in [6, 6.07) is 3.05. The lowest BCUT2D eigenvalue weighted by atomic mass is 10.1. The van der Waals surface area contributed by atoms with Gasteiger partial charge in [-0.15, -0.1) is 0 Å². The number of nitrogens with zero attached hydrogens (tertiary/aromatic N) is 1. The fraction of sp³-hybridized carbons (Fsp3) is 0.556. The number of carbonyl (C=O) groups is 2. The van der Waals surface area contributed by atoms with E-state index in [9.17, 15) is 9.59 Å². The van der Waals surface area contributed by atoms with Crippen molar-refractivity contribution < 1.29 is 23.8 Å². The first-order chi connectivity index (χ1) is 12.3. The van der Waals surface area contributed by atoms with Crippen LogP contribution in [0, 0.1) is 5.92 Å². The third-order valence-electron chi connectivity index (χ3n) is 3.93. The highest BCUT2D eigenvalue weighted by molar-refractivity contribution is 6.32. The summed E-state index contributed by atoms with van der Waals surface area (Å²) in [6.45, 7) is 5.71. The topological polar surface area (TPSA) is 91.1 Å². The summed E-state index contributed by atoms with van der Waals surface area (Å²) in [5.41, 5.74) is 5.47. The normalized spacial score (nSPS) is 16.8. The van der Waals surface area contributed by atoms with Crippen molar-refractivity contribution in [1.29, 1.82) is 0 Å². The Morgan fingerprint density at radius 2 is 2.12 bits per heavy atom. The van der Waals surface area contributed by atoms with Crippen LogP contribution in [0.5, 0.6) is 11.5 Å². The Kier molecular flexibility index (Phi) is 7.11. The molecule has 0 aromatic heterocycles. The van der Waals surface area contributed by atoms with Gasteiger partial charge in [0.2, 0.25) is 0 Å². The van der Waals surface area contributed by atoms with Crippen molar-refractivity contribution in [2.75, 3.05) is 33.4 Å². The van der Waals surface area contributed by atoms with Gasteiger partial charge in [0, 0.05) is 25.3 Å². The van der Waals surface area contributed by atoms with Gasteiger partial charge in [-0.2, -0.15) is 0 Å². The van der Waals surface area contributed by atoms with Crippen LogP contribution in [0.25, 0.3) is 0 Å². The first-order valence-corrected chi connectivity index (χ1v) is 8.89. The molecule has 1 aromatic carbocycles. The lowest BCUT2D eigenvalue weighted by Crippen LogP contribution is -2.30. The van der Waals surface area contributed by atoms with Crippen LogP contribution >= 0.6 is 11.6 Å². The van der Waals surface area contributed by atoms with Crippen LogP contribution < -0.4 is 15.2 Å². The fourth-order valence-electron chi connectivity index (χ4n) is 2.69. The summed E-state index contributed by atoms with van der Waals surface area (Å²) in [5, 5.41) is 0.181. The van der Waals surface area contributed by atoms with E-state index in [0.29, 0.717) is 31.2 Å². The lowest BCUT2D eigenvalue weighted by molar-refractivity contribution is -0.119. The van der Waals surface area contributed by atoms with Gasteiger partial charge in [0.1, 0.15) is 0 Å². The maximum atomic E-state index is 12.8. The molecule has 26 heavy (non-hydrogen) atoms. The predicted molar refractivity (Wildman–Crippen MR) is 97.8 cm³/mol. The summed E-state index contributed by atoms with van der Waals surface area (Å²) in [4.78, 5) is 25.4. The summed E-state index contributed by atoms with van der Waals surface area (Å²) >= 11 is 6.21. The molecule has 1 heterocycles. The molecule has 1 aromatic rings. The maximum Gasteiger partial charge on any atom is 0.255 e. The van der Waals surface area contributed by atoms with Crippen LogP contribution in [0.1, 0.15) is 30.6 Å². The number of carbonyl (C=O) groups excluding carboxylic acids is 2. The summed E-state index contributed by atoms with van der Waals surface area (Å²) in [5.74, 6) is 0.129. The molecule has 0 aliphatic carbocycles. The Labute approximate surface area is 158 Å². The highest BCUT2D eigenvalue weighted by atomic mass is 35.5. The second-order valence-corrected chi connectivity index (χ2v) is 7.04. The van der Waals surface area contributed by atoms with Crippen molar-refractivity contribution in [3.05, 3.63) is 22.7 Å². The van der Waals surface area contributed by atoms with E-state index in [1.807, 2.05) is 0 Å². The molecule has 0 saturated carbocycles. The third-order valence-corrected chi connectivity index (χ3v) is 4.21. The Balaban J connectivity index is 2.09. The predicted octanol–water partition coefficient (Wildman–Crippen LogP) is 2.10. The zero-order valence-corrected chi connectivity index (χ0v) is 16.0. The number of rotatable bonds is 8. The molecule has 2 rings (SSSR count). The number of hydrogen-bond donors (Lipinski definition) is 1. The quantitative estimate of drug-likeness (QED) is 0.741. The molecule has 0 bridgehead atoms. The molecule has 1 atom stereocenters. The number of benzene rings is 1. The molecule has 1 aliphatic rings. The molecule has 8 heteroatoms. The number of hydrogen-bond acceptors (Lipinski definition) is 5. The maximum absolute atomic E-state index is 12.8. The molecule has 0 radical (unpaired) electrons. The molecule has 0 spiro atoms. The van der Waals surface area contributed by atoms with Crippen molar-refractivity contribution in [1.82, 2.24) is 4.90 Å². The Hall–Kier alpha value is -1.99. The minimum Gasteiger partial charge on any atom is -0.493 e. The number of likely N-dealkylation sites (tertiary alicyclic amines) is 1. The zero-order valence-electron chi connectivity index (χ0n) is 15.3. The molecule has 1 unspecified atom stereocenters. The van der Waals surface area contributed by atoms with Gasteiger partial charge in [0.25, 0.3) is 11.8 Å². The van der Waals surface area contributed by atoms with Crippen molar-refractivity contribution in [3.8, 4) is 11.5 Å². The van der Waals surface area contributed by atoms with Gasteiger partial charge in [-0.3, -0.25) is 9.59 Å². The van der Waals surface area contributed by atoms with Gasteiger partial charge in [0.15, 0.2) is 18.1 Å². The van der Waals surface area contributed by atoms with Gasteiger partial charge < -0.3 is 24.8 Å². The van der Waals surface area contributed by atoms with Crippen LogP contribution in [0.2, 0.25) is 5.02 Å². The zero-order chi connectivity index (χ0) is 19.3. The largest absolute Gasteiger partial charge is 0.493 e. The van der Waals surface area contributed by atoms with Crippen molar-refractivity contribution in [2.45, 2.75) is 26.4 Å². The molecular formula is C18H25ClN2O5. The SMILES string of the molecule is COc1cc(C(=O)N2CCC(OCC(C)C)C2)cc(Cl)c1OCC(N)=O. The smallest absolute Gasteiger partial charge is 0.255 e. The second-order valence-electron chi connectivity index (χ2n) is 6.63. The lowest BCUT2D eigenvalue weighted by Gasteiger charge is -2.19. The van der Waals surface area contributed by atoms with Gasteiger partial charge >= 0.3 is 0 Å². The average molecular weight is 385 g/mol. The third kappa shape index (κ3) is 5.25. The minimum atomic E-state index is -0.632.